The van der Waals surface area contributed by atoms with Crippen LogP contribution in [0.2, 0.25) is 0 Å². The van der Waals surface area contributed by atoms with Crippen molar-refractivity contribution in [2.24, 2.45) is 11.1 Å². The molecule has 3 nitrogen and oxygen atoms in total. The first-order valence-corrected chi connectivity index (χ1v) is 6.39. The molecule has 0 aliphatic carbocycles. The molecule has 0 bridgehead atoms. The lowest BCUT2D eigenvalue weighted by molar-refractivity contribution is -0.118. The molecule has 0 aromatic carbocycles. The lowest BCUT2D eigenvalue weighted by Gasteiger charge is -2.27. The summed E-state index contributed by atoms with van der Waals surface area (Å²) in [5.41, 5.74) is 5.46. The first-order chi connectivity index (χ1) is 7.37. The molecule has 0 rings (SSSR count). The van der Waals surface area contributed by atoms with Crippen LogP contribution in [0.25, 0.3) is 0 Å². The van der Waals surface area contributed by atoms with Crippen LogP contribution in [0.3, 0.4) is 0 Å². The van der Waals surface area contributed by atoms with Gasteiger partial charge in [-0.3, -0.25) is 4.79 Å². The lowest BCUT2D eigenvalue weighted by atomic mass is 9.86. The Bertz CT molecular complexity index is 202. The number of carbonyl (C=O) groups excluding carboxylic acids is 1. The molecule has 0 radical (unpaired) electrons. The first kappa shape index (κ1) is 15.4. The van der Waals surface area contributed by atoms with Crippen molar-refractivity contribution in [2.45, 2.75) is 65.8 Å². The van der Waals surface area contributed by atoms with Crippen LogP contribution >= 0.6 is 0 Å². The Labute approximate surface area is 100 Å². The highest BCUT2D eigenvalue weighted by Crippen LogP contribution is 2.22. The minimum Gasteiger partial charge on any atom is -0.370 e. The van der Waals surface area contributed by atoms with Crippen molar-refractivity contribution in [3.8, 4) is 0 Å². The van der Waals surface area contributed by atoms with Gasteiger partial charge in [-0.15, -0.1) is 0 Å². The van der Waals surface area contributed by atoms with Crippen LogP contribution in [0, 0.1) is 5.41 Å². The highest BCUT2D eigenvalue weighted by molar-refractivity contribution is 5.74. The number of hydrogen-bond acceptors (Lipinski definition) is 2. The molecule has 3 heteroatoms. The molecule has 16 heavy (non-hydrogen) atoms. The molecule has 0 aromatic heterocycles. The Balaban J connectivity index is 3.75. The third-order valence-corrected chi connectivity index (χ3v) is 2.89. The Hall–Kier alpha value is -0.570. The molecule has 0 aliphatic heterocycles. The number of carbonyl (C=O) groups is 1. The van der Waals surface area contributed by atoms with Crippen molar-refractivity contribution in [1.29, 1.82) is 0 Å². The zero-order valence-corrected chi connectivity index (χ0v) is 11.3. The van der Waals surface area contributed by atoms with Gasteiger partial charge in [0, 0.05) is 19.0 Å². The van der Waals surface area contributed by atoms with E-state index in [4.69, 9.17) is 5.73 Å². The first-order valence-electron chi connectivity index (χ1n) is 6.39. The number of unbranched alkanes of at least 4 members (excludes halogenated alkanes) is 2. The van der Waals surface area contributed by atoms with E-state index in [0.717, 1.165) is 6.54 Å². The maximum absolute atomic E-state index is 10.7. The van der Waals surface area contributed by atoms with Gasteiger partial charge in [-0.05, 0) is 18.8 Å². The van der Waals surface area contributed by atoms with Crippen molar-refractivity contribution >= 4 is 5.91 Å². The maximum atomic E-state index is 10.7. The average Bonchev–Trinajstić information content (AvgIpc) is 2.14. The molecule has 0 saturated heterocycles. The quantitative estimate of drug-likeness (QED) is 0.596. The van der Waals surface area contributed by atoms with E-state index < -0.39 is 0 Å². The highest BCUT2D eigenvalue weighted by atomic mass is 16.1. The molecule has 0 aromatic rings. The lowest BCUT2D eigenvalue weighted by Crippen LogP contribution is -2.37. The van der Waals surface area contributed by atoms with Crippen molar-refractivity contribution in [2.75, 3.05) is 6.54 Å². The predicted octanol–water partition coefficient (Wildman–Crippen LogP) is 2.45. The summed E-state index contributed by atoms with van der Waals surface area (Å²) in [6, 6.07) is 0.183. The maximum Gasteiger partial charge on any atom is 0.218 e. The summed E-state index contributed by atoms with van der Waals surface area (Å²) in [4.78, 5) is 10.7. The van der Waals surface area contributed by atoms with Gasteiger partial charge >= 0.3 is 0 Å². The number of nitrogens with one attached hydrogen (secondary N) is 1. The number of amides is 1. The molecule has 3 N–H and O–H groups in total. The minimum absolute atomic E-state index is 0.183. The number of rotatable bonds is 9. The fourth-order valence-electron chi connectivity index (χ4n) is 1.77. The van der Waals surface area contributed by atoms with Crippen LogP contribution < -0.4 is 11.1 Å². The van der Waals surface area contributed by atoms with E-state index in [9.17, 15) is 4.79 Å². The summed E-state index contributed by atoms with van der Waals surface area (Å²) in [5, 5.41) is 3.38. The van der Waals surface area contributed by atoms with Crippen LogP contribution in [0.4, 0.5) is 0 Å². The van der Waals surface area contributed by atoms with Gasteiger partial charge in [0.2, 0.25) is 5.91 Å². The van der Waals surface area contributed by atoms with E-state index in [2.05, 4.69) is 26.1 Å². The third kappa shape index (κ3) is 8.72. The minimum atomic E-state index is -0.233. The van der Waals surface area contributed by atoms with Gasteiger partial charge in [-0.1, -0.05) is 40.0 Å². The van der Waals surface area contributed by atoms with Crippen LogP contribution in [0.5, 0.6) is 0 Å². The Kier molecular flexibility index (Phi) is 7.39. The molecule has 0 fully saturated rings. The normalized spacial score (nSPS) is 13.8. The van der Waals surface area contributed by atoms with Gasteiger partial charge in [-0.25, -0.2) is 0 Å². The van der Waals surface area contributed by atoms with E-state index >= 15 is 0 Å². The molecular formula is C13H28N2O. The molecule has 0 heterocycles. The second kappa shape index (κ2) is 7.66. The van der Waals surface area contributed by atoms with Gasteiger partial charge < -0.3 is 11.1 Å². The Morgan fingerprint density at radius 2 is 2.00 bits per heavy atom. The molecule has 96 valence electrons. The van der Waals surface area contributed by atoms with Gasteiger partial charge in [0.1, 0.15) is 0 Å². The van der Waals surface area contributed by atoms with Crippen LogP contribution in [-0.2, 0) is 4.79 Å². The second-order valence-corrected chi connectivity index (χ2v) is 5.57. The zero-order valence-electron chi connectivity index (χ0n) is 11.3. The van der Waals surface area contributed by atoms with Gasteiger partial charge in [-0.2, -0.15) is 0 Å². The summed E-state index contributed by atoms with van der Waals surface area (Å²) in [6.45, 7) is 9.72. The van der Waals surface area contributed by atoms with Crippen molar-refractivity contribution in [3.05, 3.63) is 0 Å². The van der Waals surface area contributed by atoms with E-state index in [1.54, 1.807) is 0 Å². The Morgan fingerprint density at radius 3 is 2.50 bits per heavy atom. The summed E-state index contributed by atoms with van der Waals surface area (Å²) in [6.07, 6.45) is 5.51. The fraction of sp³-hybridized carbons (Fsp3) is 0.923. The van der Waals surface area contributed by atoms with Crippen molar-refractivity contribution in [1.82, 2.24) is 5.32 Å². The largest absolute Gasteiger partial charge is 0.370 e. The van der Waals surface area contributed by atoms with Crippen molar-refractivity contribution < 1.29 is 4.79 Å². The van der Waals surface area contributed by atoms with Gasteiger partial charge in [0.15, 0.2) is 0 Å². The van der Waals surface area contributed by atoms with Crippen LogP contribution in [-0.4, -0.2) is 18.5 Å². The summed E-state index contributed by atoms with van der Waals surface area (Å²) >= 11 is 0. The van der Waals surface area contributed by atoms with E-state index in [-0.39, 0.29) is 11.9 Å². The molecule has 1 amide bonds. The molecule has 0 aliphatic rings. The molecule has 0 saturated carbocycles. The molecular weight excluding hydrogens is 200 g/mol. The molecule has 0 spiro atoms. The number of primary amides is 1. The molecule has 1 atom stereocenters. The summed E-state index contributed by atoms with van der Waals surface area (Å²) in [7, 11) is 0. The SMILES string of the molecule is CCCCCC(C)(C)CNC(C)CC(N)=O. The van der Waals surface area contributed by atoms with Gasteiger partial charge in [0.25, 0.3) is 0 Å². The van der Waals surface area contributed by atoms with E-state index in [0.29, 0.717) is 11.8 Å². The third-order valence-electron chi connectivity index (χ3n) is 2.89. The zero-order chi connectivity index (χ0) is 12.6. The molecule has 1 unspecified atom stereocenters. The average molecular weight is 228 g/mol. The summed E-state index contributed by atoms with van der Waals surface area (Å²) < 4.78 is 0. The van der Waals surface area contributed by atoms with Crippen molar-refractivity contribution in [3.63, 3.8) is 0 Å². The number of nitrogens with two attached hydrogens (primary N) is 1. The Morgan fingerprint density at radius 1 is 1.38 bits per heavy atom. The van der Waals surface area contributed by atoms with Gasteiger partial charge in [0.05, 0.1) is 0 Å². The highest BCUT2D eigenvalue weighted by Gasteiger charge is 2.18. The predicted molar refractivity (Wildman–Crippen MR) is 69.2 cm³/mol. The topological polar surface area (TPSA) is 55.1 Å². The standard InChI is InChI=1S/C13H28N2O/c1-5-6-7-8-13(3,4)10-15-11(2)9-12(14)16/h11,15H,5-10H2,1-4H3,(H2,14,16). The fourth-order valence-corrected chi connectivity index (χ4v) is 1.77. The monoisotopic (exact) mass is 228 g/mol. The summed E-state index contributed by atoms with van der Waals surface area (Å²) in [5.74, 6) is -0.233. The van der Waals surface area contributed by atoms with E-state index in [1.807, 2.05) is 6.92 Å². The second-order valence-electron chi connectivity index (χ2n) is 5.57. The smallest absolute Gasteiger partial charge is 0.218 e. The van der Waals surface area contributed by atoms with Crippen LogP contribution in [0.15, 0.2) is 0 Å². The van der Waals surface area contributed by atoms with E-state index in [1.165, 1.54) is 25.7 Å². The number of hydrogen-bond donors (Lipinski definition) is 2. The van der Waals surface area contributed by atoms with Crippen LogP contribution in [0.1, 0.15) is 59.8 Å².